The van der Waals surface area contributed by atoms with E-state index in [0.29, 0.717) is 11.3 Å². The fraction of sp³-hybridized carbons (Fsp3) is 0.864. The largest absolute Gasteiger partial charge is 0.464 e. The van der Waals surface area contributed by atoms with Crippen molar-refractivity contribution in [1.29, 1.82) is 5.41 Å². The summed E-state index contributed by atoms with van der Waals surface area (Å²) in [7, 11) is 0. The van der Waals surface area contributed by atoms with Crippen molar-refractivity contribution in [2.45, 2.75) is 104 Å². The first-order valence-electron chi connectivity index (χ1n) is 12.5. The second-order valence-electron chi connectivity index (χ2n) is 7.34. The Morgan fingerprint density at radius 3 is 1.97 bits per heavy atom. The molecule has 0 aliphatic rings. The van der Waals surface area contributed by atoms with Gasteiger partial charge in [0.1, 0.15) is 6.54 Å². The Labute approximate surface area is 188 Å². The summed E-state index contributed by atoms with van der Waals surface area (Å²) in [6, 6.07) is 0. The van der Waals surface area contributed by atoms with Crippen LogP contribution in [-0.4, -0.2) is 42.9 Å². The van der Waals surface area contributed by atoms with Crippen LogP contribution in [0.5, 0.6) is 0 Å². The van der Waals surface area contributed by atoms with Crippen LogP contribution in [0.25, 0.3) is 0 Å². The smallest absolute Gasteiger partial charge is 0.325 e. The minimum absolute atomic E-state index is 0. The lowest BCUT2D eigenvalue weighted by molar-refractivity contribution is -0.144. The Morgan fingerprint density at radius 2 is 1.41 bits per heavy atom. The van der Waals surface area contributed by atoms with Gasteiger partial charge in [-0.1, -0.05) is 84.5 Å². The summed E-state index contributed by atoms with van der Waals surface area (Å²) in [6.07, 6.45) is 14.0. The number of guanidine groups is 1. The highest BCUT2D eigenvalue weighted by atomic mass is 35.5. The standard InChI is InChI=1S/C22H43N3O3.ClH/c1-4-6-8-10-11-12-13-15-17-20(26)24-22(23)25(3)19-21(27)28-18-16-14-9-7-5-2;/h4-19H2,1-3H3,(H2,23,24,26);1H/i3D3;. The van der Waals surface area contributed by atoms with Gasteiger partial charge in [0, 0.05) is 17.5 Å². The summed E-state index contributed by atoms with van der Waals surface area (Å²) in [6.45, 7) is 1.22. The molecule has 29 heavy (non-hydrogen) atoms. The molecule has 1 amide bonds. The van der Waals surface area contributed by atoms with Crippen molar-refractivity contribution in [3.8, 4) is 0 Å². The number of likely N-dealkylation sites (N-methyl/N-ethyl adjacent to an activating group) is 1. The molecular formula is C22H44ClN3O3. The van der Waals surface area contributed by atoms with Gasteiger partial charge in [-0.2, -0.15) is 0 Å². The first kappa shape index (κ1) is 24.0. The number of carbonyl (C=O) groups excluding carboxylic acids is 2. The second kappa shape index (κ2) is 21.4. The number of carbonyl (C=O) groups is 2. The first-order chi connectivity index (χ1) is 14.7. The highest BCUT2D eigenvalue weighted by Crippen LogP contribution is 2.09. The molecule has 0 rings (SSSR count). The number of unbranched alkanes of at least 4 members (excludes halogenated alkanes) is 11. The third-order valence-corrected chi connectivity index (χ3v) is 4.58. The highest BCUT2D eigenvalue weighted by Gasteiger charge is 2.13. The molecule has 0 radical (unpaired) electrons. The molecule has 0 spiro atoms. The van der Waals surface area contributed by atoms with Crippen molar-refractivity contribution in [2.75, 3.05) is 20.1 Å². The lowest BCUT2D eigenvalue weighted by Crippen LogP contribution is -2.43. The van der Waals surface area contributed by atoms with Gasteiger partial charge in [-0.05, 0) is 12.8 Å². The molecule has 0 atom stereocenters. The molecule has 0 aromatic rings. The van der Waals surface area contributed by atoms with Crippen molar-refractivity contribution in [1.82, 2.24) is 10.2 Å². The summed E-state index contributed by atoms with van der Waals surface area (Å²) in [4.78, 5) is 24.7. The van der Waals surface area contributed by atoms with Crippen LogP contribution in [0, 0.1) is 5.41 Å². The van der Waals surface area contributed by atoms with Gasteiger partial charge in [0.15, 0.2) is 5.96 Å². The van der Waals surface area contributed by atoms with Crippen LogP contribution in [0.3, 0.4) is 0 Å². The van der Waals surface area contributed by atoms with Crippen molar-refractivity contribution >= 4 is 30.2 Å². The van der Waals surface area contributed by atoms with Gasteiger partial charge in [0.2, 0.25) is 5.91 Å². The highest BCUT2D eigenvalue weighted by molar-refractivity contribution is 5.96. The molecule has 0 aliphatic carbocycles. The molecule has 0 aromatic heterocycles. The summed E-state index contributed by atoms with van der Waals surface area (Å²) < 4.78 is 27.8. The predicted molar refractivity (Wildman–Crippen MR) is 123 cm³/mol. The molecular weight excluding hydrogens is 390 g/mol. The van der Waals surface area contributed by atoms with Crippen molar-refractivity contribution < 1.29 is 18.4 Å². The molecule has 0 fully saturated rings. The zero-order chi connectivity index (χ0) is 23.5. The molecule has 7 heteroatoms. The number of hydrogen-bond donors (Lipinski definition) is 2. The average molecular weight is 437 g/mol. The first-order valence-corrected chi connectivity index (χ1v) is 11.0. The number of rotatable bonds is 17. The van der Waals surface area contributed by atoms with Crippen molar-refractivity contribution in [2.24, 2.45) is 0 Å². The van der Waals surface area contributed by atoms with E-state index < -0.39 is 31.4 Å². The van der Waals surface area contributed by atoms with Gasteiger partial charge in [-0.25, -0.2) is 0 Å². The van der Waals surface area contributed by atoms with Crippen LogP contribution in [-0.2, 0) is 14.3 Å². The van der Waals surface area contributed by atoms with E-state index in [0.717, 1.165) is 51.4 Å². The summed E-state index contributed by atoms with van der Waals surface area (Å²) >= 11 is 0. The third kappa shape index (κ3) is 19.8. The van der Waals surface area contributed by atoms with E-state index in [-0.39, 0.29) is 25.4 Å². The molecule has 0 saturated heterocycles. The van der Waals surface area contributed by atoms with Crippen molar-refractivity contribution in [3.05, 3.63) is 0 Å². The molecule has 0 heterocycles. The zero-order valence-electron chi connectivity index (χ0n) is 21.4. The normalized spacial score (nSPS) is 12.1. The molecule has 172 valence electrons. The fourth-order valence-electron chi connectivity index (χ4n) is 2.83. The third-order valence-electron chi connectivity index (χ3n) is 4.58. The summed E-state index contributed by atoms with van der Waals surface area (Å²) in [5, 5.41) is 10.3. The topological polar surface area (TPSA) is 82.5 Å². The number of esters is 1. The van der Waals surface area contributed by atoms with Crippen LogP contribution in [0.1, 0.15) is 108 Å². The Hall–Kier alpha value is -1.30. The number of nitrogens with one attached hydrogen (secondary N) is 2. The second-order valence-corrected chi connectivity index (χ2v) is 7.34. The minimum Gasteiger partial charge on any atom is -0.464 e. The van der Waals surface area contributed by atoms with Gasteiger partial charge in [0.25, 0.3) is 0 Å². The van der Waals surface area contributed by atoms with Crippen LogP contribution in [0.15, 0.2) is 0 Å². The van der Waals surface area contributed by atoms with Crippen LogP contribution in [0.4, 0.5) is 0 Å². The molecule has 6 nitrogen and oxygen atoms in total. The van der Waals surface area contributed by atoms with Crippen LogP contribution < -0.4 is 5.32 Å². The van der Waals surface area contributed by atoms with Gasteiger partial charge < -0.3 is 9.64 Å². The molecule has 0 aromatic carbocycles. The lowest BCUT2D eigenvalue weighted by Gasteiger charge is -2.19. The molecule has 0 unspecified atom stereocenters. The van der Waals surface area contributed by atoms with E-state index in [4.69, 9.17) is 14.3 Å². The van der Waals surface area contributed by atoms with Gasteiger partial charge in [-0.15, -0.1) is 12.4 Å². The number of amides is 1. The van der Waals surface area contributed by atoms with Crippen molar-refractivity contribution in [3.63, 3.8) is 0 Å². The van der Waals surface area contributed by atoms with Gasteiger partial charge in [-0.3, -0.25) is 20.3 Å². The minimum atomic E-state index is -2.72. The quantitative estimate of drug-likeness (QED) is 0.138. The SMILES string of the molecule is Cl.[2H]C([2H])([2H])N(CC(=O)OCCCCCCC)C(=N)NC(=O)CCCCCCCCCC. The van der Waals surface area contributed by atoms with Crippen LogP contribution >= 0.6 is 12.4 Å². The van der Waals surface area contributed by atoms with Gasteiger partial charge in [0.05, 0.1) is 6.61 Å². The fourth-order valence-corrected chi connectivity index (χ4v) is 2.83. The number of hydrogen-bond acceptors (Lipinski definition) is 4. The van der Waals surface area contributed by atoms with Gasteiger partial charge >= 0.3 is 5.97 Å². The van der Waals surface area contributed by atoms with E-state index in [1.165, 1.54) is 25.7 Å². The van der Waals surface area contributed by atoms with Crippen LogP contribution in [0.2, 0.25) is 0 Å². The zero-order valence-corrected chi connectivity index (χ0v) is 19.2. The lowest BCUT2D eigenvalue weighted by atomic mass is 10.1. The Balaban J connectivity index is 0. The molecule has 2 N–H and O–H groups in total. The molecule has 0 bridgehead atoms. The monoisotopic (exact) mass is 436 g/mol. The Kier molecular flexibility index (Phi) is 17.7. The Morgan fingerprint density at radius 1 is 0.897 bits per heavy atom. The van der Waals surface area contributed by atoms with E-state index in [1.54, 1.807) is 0 Å². The maximum atomic E-state index is 12.1. The number of ether oxygens (including phenoxy) is 1. The molecule has 0 aliphatic heterocycles. The number of nitrogens with zero attached hydrogens (tertiary/aromatic N) is 1. The summed E-state index contributed by atoms with van der Waals surface area (Å²) in [5.41, 5.74) is 0. The maximum absolute atomic E-state index is 12.1. The van der Waals surface area contributed by atoms with E-state index in [2.05, 4.69) is 19.2 Å². The Bertz CT molecular complexity index is 520. The molecule has 0 saturated carbocycles. The summed E-state index contributed by atoms with van der Waals surface area (Å²) in [5.74, 6) is -1.72. The van der Waals surface area contributed by atoms with E-state index >= 15 is 0 Å². The maximum Gasteiger partial charge on any atom is 0.325 e. The average Bonchev–Trinajstić information content (AvgIpc) is 2.69. The van der Waals surface area contributed by atoms with E-state index in [9.17, 15) is 9.59 Å². The number of halogens is 1. The predicted octanol–water partition coefficient (Wildman–Crippen LogP) is 5.44. The van der Waals surface area contributed by atoms with E-state index in [1.807, 2.05) is 0 Å².